The highest BCUT2D eigenvalue weighted by Gasteiger charge is 2.03. The van der Waals surface area contributed by atoms with E-state index in [-0.39, 0.29) is 0 Å². The van der Waals surface area contributed by atoms with Crippen molar-refractivity contribution >= 4 is 27.5 Å². The first-order valence-electron chi connectivity index (χ1n) is 5.26. The third-order valence-corrected chi connectivity index (χ3v) is 3.12. The summed E-state index contributed by atoms with van der Waals surface area (Å²) in [6.45, 7) is 2.06. The van der Waals surface area contributed by atoms with Gasteiger partial charge in [0, 0.05) is 15.7 Å². The molecule has 0 bridgehead atoms. The number of nitrogens with zero attached hydrogens (tertiary/aromatic N) is 1. The van der Waals surface area contributed by atoms with Crippen LogP contribution in [0.25, 0.3) is 0 Å². The highest BCUT2D eigenvalue weighted by Crippen LogP contribution is 2.27. The molecule has 0 aliphatic carbocycles. The van der Waals surface area contributed by atoms with Crippen molar-refractivity contribution < 1.29 is 4.74 Å². The summed E-state index contributed by atoms with van der Waals surface area (Å²) < 4.78 is 6.59. The Labute approximate surface area is 114 Å². The van der Waals surface area contributed by atoms with Crippen molar-refractivity contribution in [1.82, 2.24) is 4.98 Å². The molecule has 2 aromatic rings. The van der Waals surface area contributed by atoms with Crippen LogP contribution in [0.1, 0.15) is 12.5 Å². The highest BCUT2D eigenvalue weighted by atomic mass is 79.9. The average molecular weight is 313 g/mol. The molecule has 1 aromatic heterocycles. The number of halogens is 2. The molecule has 1 heterocycles. The quantitative estimate of drug-likeness (QED) is 0.808. The number of aryl methyl sites for hydroxylation is 1. The zero-order valence-electron chi connectivity index (χ0n) is 9.28. The molecule has 0 fully saturated rings. The van der Waals surface area contributed by atoms with E-state index in [0.29, 0.717) is 5.75 Å². The van der Waals surface area contributed by atoms with Crippen LogP contribution in [0, 0.1) is 0 Å². The SMILES string of the molecule is CCc1cc(Oc2cncc(Br)c2)ccc1Cl. The Hall–Kier alpha value is -1.06. The summed E-state index contributed by atoms with van der Waals surface area (Å²) in [4.78, 5) is 4.04. The number of rotatable bonds is 3. The van der Waals surface area contributed by atoms with E-state index < -0.39 is 0 Å². The Morgan fingerprint density at radius 3 is 2.76 bits per heavy atom. The molecule has 17 heavy (non-hydrogen) atoms. The predicted molar refractivity (Wildman–Crippen MR) is 72.8 cm³/mol. The van der Waals surface area contributed by atoms with E-state index in [1.54, 1.807) is 12.4 Å². The molecular weight excluding hydrogens is 302 g/mol. The normalized spacial score (nSPS) is 10.3. The third kappa shape index (κ3) is 3.20. The molecule has 0 N–H and O–H groups in total. The summed E-state index contributed by atoms with van der Waals surface area (Å²) in [5.74, 6) is 1.47. The van der Waals surface area contributed by atoms with Crippen LogP contribution in [-0.2, 0) is 6.42 Å². The van der Waals surface area contributed by atoms with Gasteiger partial charge in [0.1, 0.15) is 11.5 Å². The number of ether oxygens (including phenoxy) is 1. The molecule has 0 spiro atoms. The molecule has 0 radical (unpaired) electrons. The smallest absolute Gasteiger partial charge is 0.146 e. The van der Waals surface area contributed by atoms with Gasteiger partial charge in [-0.2, -0.15) is 0 Å². The van der Waals surface area contributed by atoms with Crippen molar-refractivity contribution in [3.63, 3.8) is 0 Å². The summed E-state index contributed by atoms with van der Waals surface area (Å²) in [6, 6.07) is 7.51. The fourth-order valence-corrected chi connectivity index (χ4v) is 2.06. The van der Waals surface area contributed by atoms with E-state index >= 15 is 0 Å². The van der Waals surface area contributed by atoms with E-state index in [0.717, 1.165) is 27.2 Å². The summed E-state index contributed by atoms with van der Waals surface area (Å²) in [6.07, 6.45) is 4.27. The Bertz CT molecular complexity index is 531. The van der Waals surface area contributed by atoms with Gasteiger partial charge in [-0.15, -0.1) is 0 Å². The monoisotopic (exact) mass is 311 g/mol. The van der Waals surface area contributed by atoms with Crippen molar-refractivity contribution in [2.45, 2.75) is 13.3 Å². The van der Waals surface area contributed by atoms with Crippen LogP contribution in [0.5, 0.6) is 11.5 Å². The lowest BCUT2D eigenvalue weighted by molar-refractivity contribution is 0.479. The van der Waals surface area contributed by atoms with Crippen molar-refractivity contribution in [3.8, 4) is 11.5 Å². The first-order valence-corrected chi connectivity index (χ1v) is 6.43. The molecule has 0 atom stereocenters. The maximum absolute atomic E-state index is 6.05. The van der Waals surface area contributed by atoms with E-state index in [1.807, 2.05) is 24.3 Å². The van der Waals surface area contributed by atoms with Gasteiger partial charge in [-0.05, 0) is 52.2 Å². The maximum Gasteiger partial charge on any atom is 0.146 e. The lowest BCUT2D eigenvalue weighted by Crippen LogP contribution is -1.88. The topological polar surface area (TPSA) is 22.1 Å². The van der Waals surface area contributed by atoms with Crippen molar-refractivity contribution in [2.24, 2.45) is 0 Å². The van der Waals surface area contributed by atoms with Gasteiger partial charge in [-0.1, -0.05) is 18.5 Å². The van der Waals surface area contributed by atoms with Crippen LogP contribution in [0.15, 0.2) is 41.1 Å². The number of hydrogen-bond donors (Lipinski definition) is 0. The van der Waals surface area contributed by atoms with Crippen LogP contribution in [0.3, 0.4) is 0 Å². The van der Waals surface area contributed by atoms with E-state index in [4.69, 9.17) is 16.3 Å². The number of aromatic nitrogens is 1. The second-order valence-corrected chi connectivity index (χ2v) is 4.87. The molecule has 0 aliphatic rings. The van der Waals surface area contributed by atoms with Crippen LogP contribution in [-0.4, -0.2) is 4.98 Å². The number of benzene rings is 1. The standard InChI is InChI=1S/C13H11BrClNO/c1-2-9-5-11(3-4-13(9)15)17-12-6-10(14)7-16-8-12/h3-8H,2H2,1H3. The fourth-order valence-electron chi connectivity index (χ4n) is 1.47. The molecule has 1 aromatic carbocycles. The lowest BCUT2D eigenvalue weighted by Gasteiger charge is -2.08. The average Bonchev–Trinajstić information content (AvgIpc) is 2.32. The molecule has 0 saturated carbocycles. The first-order chi connectivity index (χ1) is 8.19. The Balaban J connectivity index is 2.24. The van der Waals surface area contributed by atoms with Gasteiger partial charge in [0.15, 0.2) is 0 Å². The summed E-state index contributed by atoms with van der Waals surface area (Å²) >= 11 is 9.40. The van der Waals surface area contributed by atoms with Gasteiger partial charge in [-0.25, -0.2) is 0 Å². The molecule has 0 unspecified atom stereocenters. The highest BCUT2D eigenvalue weighted by molar-refractivity contribution is 9.10. The summed E-state index contributed by atoms with van der Waals surface area (Å²) in [5, 5.41) is 0.771. The lowest BCUT2D eigenvalue weighted by atomic mass is 10.1. The van der Waals surface area contributed by atoms with Crippen molar-refractivity contribution in [3.05, 3.63) is 51.7 Å². The minimum atomic E-state index is 0.698. The largest absolute Gasteiger partial charge is 0.456 e. The number of hydrogen-bond acceptors (Lipinski definition) is 2. The molecule has 88 valence electrons. The third-order valence-electron chi connectivity index (χ3n) is 2.31. The molecular formula is C13H11BrClNO. The van der Waals surface area contributed by atoms with Gasteiger partial charge in [0.2, 0.25) is 0 Å². The summed E-state index contributed by atoms with van der Waals surface area (Å²) in [5.41, 5.74) is 1.08. The Morgan fingerprint density at radius 2 is 2.06 bits per heavy atom. The van der Waals surface area contributed by atoms with Crippen molar-refractivity contribution in [1.29, 1.82) is 0 Å². The molecule has 4 heteroatoms. The second kappa shape index (κ2) is 5.52. The predicted octanol–water partition coefficient (Wildman–Crippen LogP) is 4.85. The van der Waals surface area contributed by atoms with Gasteiger partial charge in [0.05, 0.1) is 6.20 Å². The second-order valence-electron chi connectivity index (χ2n) is 3.55. The number of pyridine rings is 1. The minimum absolute atomic E-state index is 0.698. The van der Waals surface area contributed by atoms with E-state index in [2.05, 4.69) is 27.8 Å². The Morgan fingerprint density at radius 1 is 1.24 bits per heavy atom. The maximum atomic E-state index is 6.05. The van der Waals surface area contributed by atoms with Crippen LogP contribution < -0.4 is 4.74 Å². The minimum Gasteiger partial charge on any atom is -0.456 e. The van der Waals surface area contributed by atoms with Crippen LogP contribution in [0.2, 0.25) is 5.02 Å². The van der Waals surface area contributed by atoms with E-state index in [1.165, 1.54) is 0 Å². The molecule has 0 aliphatic heterocycles. The molecule has 0 saturated heterocycles. The van der Waals surface area contributed by atoms with Gasteiger partial charge in [0.25, 0.3) is 0 Å². The molecule has 2 rings (SSSR count). The fraction of sp³-hybridized carbons (Fsp3) is 0.154. The molecule has 0 amide bonds. The van der Waals surface area contributed by atoms with E-state index in [9.17, 15) is 0 Å². The van der Waals surface area contributed by atoms with Crippen LogP contribution >= 0.6 is 27.5 Å². The molecule has 2 nitrogen and oxygen atoms in total. The first kappa shape index (κ1) is 12.4. The van der Waals surface area contributed by atoms with Gasteiger partial charge >= 0.3 is 0 Å². The van der Waals surface area contributed by atoms with Crippen molar-refractivity contribution in [2.75, 3.05) is 0 Å². The van der Waals surface area contributed by atoms with Crippen LogP contribution in [0.4, 0.5) is 0 Å². The van der Waals surface area contributed by atoms with Gasteiger partial charge < -0.3 is 4.74 Å². The summed E-state index contributed by atoms with van der Waals surface area (Å²) in [7, 11) is 0. The zero-order chi connectivity index (χ0) is 12.3. The van der Waals surface area contributed by atoms with Gasteiger partial charge in [-0.3, -0.25) is 4.98 Å². The zero-order valence-corrected chi connectivity index (χ0v) is 11.6. The Kier molecular flexibility index (Phi) is 4.02.